The Hall–Kier alpha value is -0.450. The predicted molar refractivity (Wildman–Crippen MR) is 68.8 cm³/mol. The van der Waals surface area contributed by atoms with Gasteiger partial charge in [-0.1, -0.05) is 13.8 Å². The Morgan fingerprint density at radius 2 is 2.25 bits per heavy atom. The number of nitrogens with zero attached hydrogens (tertiary/aromatic N) is 1. The van der Waals surface area contributed by atoms with Crippen LogP contribution in [0.5, 0.6) is 0 Å². The van der Waals surface area contributed by atoms with Crippen molar-refractivity contribution >= 4 is 11.3 Å². The fourth-order valence-electron chi connectivity index (χ4n) is 1.46. The normalized spacial score (nSPS) is 12.0. The zero-order valence-electron chi connectivity index (χ0n) is 10.7. The number of nitrogens with one attached hydrogen (secondary N) is 1. The van der Waals surface area contributed by atoms with E-state index in [1.807, 2.05) is 6.92 Å². The van der Waals surface area contributed by atoms with Crippen LogP contribution < -0.4 is 5.32 Å². The second kappa shape index (κ2) is 6.33. The zero-order valence-corrected chi connectivity index (χ0v) is 11.5. The Morgan fingerprint density at radius 1 is 1.50 bits per heavy atom. The molecule has 3 nitrogen and oxygen atoms in total. The summed E-state index contributed by atoms with van der Waals surface area (Å²) >= 11 is 1.72. The molecule has 1 N–H and O–H groups in total. The zero-order chi connectivity index (χ0) is 12.0. The van der Waals surface area contributed by atoms with Crippen LogP contribution >= 0.6 is 11.3 Å². The van der Waals surface area contributed by atoms with Gasteiger partial charge in [0.1, 0.15) is 5.01 Å². The first kappa shape index (κ1) is 13.6. The maximum atomic E-state index is 5.11. The van der Waals surface area contributed by atoms with Crippen LogP contribution in [0.1, 0.15) is 31.0 Å². The van der Waals surface area contributed by atoms with Gasteiger partial charge in [-0.3, -0.25) is 0 Å². The summed E-state index contributed by atoms with van der Waals surface area (Å²) in [7, 11) is 1.75. The van der Waals surface area contributed by atoms with Gasteiger partial charge in [0.05, 0.1) is 0 Å². The molecule has 0 amide bonds. The van der Waals surface area contributed by atoms with Crippen molar-refractivity contribution in [2.45, 2.75) is 33.7 Å². The average molecular weight is 242 g/mol. The molecule has 0 unspecified atom stereocenters. The van der Waals surface area contributed by atoms with Crippen LogP contribution in [0.25, 0.3) is 0 Å². The summed E-state index contributed by atoms with van der Waals surface area (Å²) in [5.74, 6) is 0. The summed E-state index contributed by atoms with van der Waals surface area (Å²) in [6.07, 6.45) is 1.08. The third kappa shape index (κ3) is 5.05. The van der Waals surface area contributed by atoms with Crippen molar-refractivity contribution in [3.05, 3.63) is 16.1 Å². The maximum Gasteiger partial charge on any atom is 0.107 e. The van der Waals surface area contributed by atoms with E-state index in [1.54, 1.807) is 18.4 Å². The number of thiazole rings is 1. The van der Waals surface area contributed by atoms with Crippen LogP contribution in [0.3, 0.4) is 0 Å². The number of rotatable bonds is 7. The molecule has 0 atom stereocenters. The van der Waals surface area contributed by atoms with Gasteiger partial charge in [-0.05, 0) is 18.8 Å². The first-order chi connectivity index (χ1) is 7.53. The van der Waals surface area contributed by atoms with Gasteiger partial charge in [0.25, 0.3) is 0 Å². The molecule has 4 heteroatoms. The number of methoxy groups -OCH3 is 1. The fraction of sp³-hybridized carbons (Fsp3) is 0.750. The highest BCUT2D eigenvalue weighted by Crippen LogP contribution is 2.19. The molecule has 0 aliphatic rings. The molecule has 0 saturated carbocycles. The SMILES string of the molecule is COCCC(C)(C)CNCc1nc(C)cs1. The number of hydrogen-bond donors (Lipinski definition) is 1. The van der Waals surface area contributed by atoms with Crippen LogP contribution in [-0.4, -0.2) is 25.2 Å². The molecule has 1 aromatic heterocycles. The van der Waals surface area contributed by atoms with E-state index in [4.69, 9.17) is 4.74 Å². The highest BCUT2D eigenvalue weighted by atomic mass is 32.1. The van der Waals surface area contributed by atoms with Crippen molar-refractivity contribution in [1.82, 2.24) is 10.3 Å². The largest absolute Gasteiger partial charge is 0.385 e. The summed E-state index contributed by atoms with van der Waals surface area (Å²) in [6, 6.07) is 0. The van der Waals surface area contributed by atoms with E-state index in [1.165, 1.54) is 5.01 Å². The van der Waals surface area contributed by atoms with E-state index >= 15 is 0 Å². The third-order valence-electron chi connectivity index (χ3n) is 2.53. The van der Waals surface area contributed by atoms with E-state index < -0.39 is 0 Å². The molecule has 92 valence electrons. The Balaban J connectivity index is 2.24. The van der Waals surface area contributed by atoms with Crippen LogP contribution in [-0.2, 0) is 11.3 Å². The van der Waals surface area contributed by atoms with E-state index in [0.29, 0.717) is 0 Å². The summed E-state index contributed by atoms with van der Waals surface area (Å²) in [6.45, 7) is 9.23. The predicted octanol–water partition coefficient (Wildman–Crippen LogP) is 2.60. The first-order valence-corrected chi connectivity index (χ1v) is 6.52. The van der Waals surface area contributed by atoms with Crippen molar-refractivity contribution in [2.24, 2.45) is 5.41 Å². The molecule has 0 aliphatic heterocycles. The van der Waals surface area contributed by atoms with Crippen molar-refractivity contribution in [3.63, 3.8) is 0 Å². The topological polar surface area (TPSA) is 34.1 Å². The molecule has 16 heavy (non-hydrogen) atoms. The molecule has 1 heterocycles. The van der Waals surface area contributed by atoms with Gasteiger partial charge in [0, 0.05) is 37.9 Å². The monoisotopic (exact) mass is 242 g/mol. The average Bonchev–Trinajstić information content (AvgIpc) is 2.61. The molecular formula is C12H22N2OS. The van der Waals surface area contributed by atoms with E-state index in [0.717, 1.165) is 31.8 Å². The van der Waals surface area contributed by atoms with Crippen molar-refractivity contribution < 1.29 is 4.74 Å². The number of aryl methyl sites for hydroxylation is 1. The molecule has 1 aromatic rings. The molecule has 0 aliphatic carbocycles. The molecule has 0 spiro atoms. The minimum atomic E-state index is 0.280. The highest BCUT2D eigenvalue weighted by molar-refractivity contribution is 7.09. The van der Waals surface area contributed by atoms with Gasteiger partial charge in [0.15, 0.2) is 0 Å². The molecule has 0 aromatic carbocycles. The fourth-order valence-corrected chi connectivity index (χ4v) is 2.20. The second-order valence-corrected chi connectivity index (χ2v) is 5.84. The minimum absolute atomic E-state index is 0.280. The lowest BCUT2D eigenvalue weighted by Gasteiger charge is -2.24. The van der Waals surface area contributed by atoms with Crippen molar-refractivity contribution in [2.75, 3.05) is 20.3 Å². The van der Waals surface area contributed by atoms with Gasteiger partial charge < -0.3 is 10.1 Å². The Morgan fingerprint density at radius 3 is 2.81 bits per heavy atom. The highest BCUT2D eigenvalue weighted by Gasteiger charge is 2.16. The molecular weight excluding hydrogens is 220 g/mol. The lowest BCUT2D eigenvalue weighted by Crippen LogP contribution is -2.30. The summed E-state index contributed by atoms with van der Waals surface area (Å²) in [5.41, 5.74) is 1.39. The summed E-state index contributed by atoms with van der Waals surface area (Å²) in [5, 5.41) is 6.71. The van der Waals surface area contributed by atoms with Gasteiger partial charge in [-0.15, -0.1) is 11.3 Å². The first-order valence-electron chi connectivity index (χ1n) is 5.64. The Bertz CT molecular complexity index is 310. The van der Waals surface area contributed by atoms with E-state index in [-0.39, 0.29) is 5.41 Å². The standard InChI is InChI=1S/C12H22N2OS/c1-10-8-16-11(14-10)7-13-9-12(2,3)5-6-15-4/h8,13H,5-7,9H2,1-4H3. The van der Waals surface area contributed by atoms with Crippen molar-refractivity contribution in [3.8, 4) is 0 Å². The van der Waals surface area contributed by atoms with Crippen molar-refractivity contribution in [1.29, 1.82) is 0 Å². The summed E-state index contributed by atoms with van der Waals surface area (Å²) < 4.78 is 5.11. The van der Waals surface area contributed by atoms with Gasteiger partial charge >= 0.3 is 0 Å². The molecule has 0 bridgehead atoms. The lowest BCUT2D eigenvalue weighted by molar-refractivity contribution is 0.150. The minimum Gasteiger partial charge on any atom is -0.385 e. The maximum absolute atomic E-state index is 5.11. The smallest absolute Gasteiger partial charge is 0.107 e. The van der Waals surface area contributed by atoms with Gasteiger partial charge in [-0.2, -0.15) is 0 Å². The van der Waals surface area contributed by atoms with Crippen LogP contribution in [0, 0.1) is 12.3 Å². The van der Waals surface area contributed by atoms with Gasteiger partial charge in [-0.25, -0.2) is 4.98 Å². The van der Waals surface area contributed by atoms with Gasteiger partial charge in [0.2, 0.25) is 0 Å². The molecule has 0 radical (unpaired) electrons. The number of aromatic nitrogens is 1. The molecule has 0 fully saturated rings. The van der Waals surface area contributed by atoms with Crippen LogP contribution in [0.4, 0.5) is 0 Å². The van der Waals surface area contributed by atoms with Crippen LogP contribution in [0.15, 0.2) is 5.38 Å². The number of ether oxygens (including phenoxy) is 1. The van der Waals surface area contributed by atoms with Crippen LogP contribution in [0.2, 0.25) is 0 Å². The van der Waals surface area contributed by atoms with E-state index in [9.17, 15) is 0 Å². The Kier molecular flexibility index (Phi) is 5.38. The number of hydrogen-bond acceptors (Lipinski definition) is 4. The lowest BCUT2D eigenvalue weighted by atomic mass is 9.90. The molecule has 0 saturated heterocycles. The quantitative estimate of drug-likeness (QED) is 0.798. The second-order valence-electron chi connectivity index (χ2n) is 4.89. The molecule has 1 rings (SSSR count). The third-order valence-corrected chi connectivity index (χ3v) is 3.50. The van der Waals surface area contributed by atoms with E-state index in [2.05, 4.69) is 29.5 Å². The summed E-state index contributed by atoms with van der Waals surface area (Å²) in [4.78, 5) is 4.42. The Labute approximate surface area is 102 Å².